The Kier molecular flexibility index (Phi) is 2.74. The van der Waals surface area contributed by atoms with E-state index in [0.717, 1.165) is 16.6 Å². The van der Waals surface area contributed by atoms with Crippen molar-refractivity contribution in [2.75, 3.05) is 0 Å². The normalized spacial score (nSPS) is 12.8. The molecule has 3 rings (SSSR count). The van der Waals surface area contributed by atoms with E-state index in [1.54, 1.807) is 29.3 Å². The number of hydrogen-bond donors (Lipinski definition) is 1. The highest BCUT2D eigenvalue weighted by molar-refractivity contribution is 6.30. The Morgan fingerprint density at radius 3 is 3.00 bits per heavy atom. The molecule has 2 N–H and O–H groups in total. The standard InChI is InChI=1S/C13H11ClN4/c14-10-3-1-2-9(6-10)13(15)11-7-17-18-5-4-16-8-12(11)18/h1-8,13H,15H2. The summed E-state index contributed by atoms with van der Waals surface area (Å²) in [5.41, 5.74) is 9.06. The summed E-state index contributed by atoms with van der Waals surface area (Å²) in [5, 5.41) is 4.93. The van der Waals surface area contributed by atoms with Crippen LogP contribution in [0.2, 0.25) is 5.02 Å². The first kappa shape index (κ1) is 11.2. The lowest BCUT2D eigenvalue weighted by molar-refractivity contribution is 0.879. The first-order valence-electron chi connectivity index (χ1n) is 5.54. The van der Waals surface area contributed by atoms with Crippen molar-refractivity contribution in [3.8, 4) is 0 Å². The van der Waals surface area contributed by atoms with Crippen molar-refractivity contribution in [1.82, 2.24) is 14.6 Å². The van der Waals surface area contributed by atoms with Crippen LogP contribution in [0.3, 0.4) is 0 Å². The highest BCUT2D eigenvalue weighted by Crippen LogP contribution is 2.24. The molecule has 0 saturated carbocycles. The number of nitrogens with zero attached hydrogens (tertiary/aromatic N) is 3. The number of halogens is 1. The average Bonchev–Trinajstić information content (AvgIpc) is 2.82. The van der Waals surface area contributed by atoms with E-state index in [4.69, 9.17) is 17.3 Å². The van der Waals surface area contributed by atoms with Crippen LogP contribution in [0.1, 0.15) is 17.2 Å². The van der Waals surface area contributed by atoms with E-state index in [2.05, 4.69) is 10.1 Å². The minimum absolute atomic E-state index is 0.259. The van der Waals surface area contributed by atoms with E-state index in [1.165, 1.54) is 0 Å². The third-order valence-corrected chi connectivity index (χ3v) is 3.13. The molecule has 0 saturated heterocycles. The second-order valence-corrected chi connectivity index (χ2v) is 4.48. The molecule has 5 heteroatoms. The molecule has 0 aliphatic carbocycles. The van der Waals surface area contributed by atoms with Gasteiger partial charge in [-0.2, -0.15) is 5.10 Å². The van der Waals surface area contributed by atoms with Crippen LogP contribution in [0, 0.1) is 0 Å². The van der Waals surface area contributed by atoms with Gasteiger partial charge in [-0.15, -0.1) is 0 Å². The van der Waals surface area contributed by atoms with Crippen molar-refractivity contribution in [3.63, 3.8) is 0 Å². The topological polar surface area (TPSA) is 56.2 Å². The van der Waals surface area contributed by atoms with Crippen molar-refractivity contribution in [2.45, 2.75) is 6.04 Å². The Labute approximate surface area is 109 Å². The van der Waals surface area contributed by atoms with Crippen LogP contribution < -0.4 is 5.73 Å². The van der Waals surface area contributed by atoms with Crippen LogP contribution in [0.25, 0.3) is 5.52 Å². The molecule has 1 atom stereocenters. The predicted octanol–water partition coefficient (Wildman–Crippen LogP) is 2.43. The van der Waals surface area contributed by atoms with Crippen LogP contribution in [-0.4, -0.2) is 14.6 Å². The molecule has 1 unspecified atom stereocenters. The van der Waals surface area contributed by atoms with Gasteiger partial charge >= 0.3 is 0 Å². The van der Waals surface area contributed by atoms with Gasteiger partial charge in [0.25, 0.3) is 0 Å². The fraction of sp³-hybridized carbons (Fsp3) is 0.0769. The fourth-order valence-corrected chi connectivity index (χ4v) is 2.17. The molecule has 4 nitrogen and oxygen atoms in total. The lowest BCUT2D eigenvalue weighted by Crippen LogP contribution is -2.11. The van der Waals surface area contributed by atoms with Gasteiger partial charge in [-0.25, -0.2) is 4.52 Å². The zero-order valence-electron chi connectivity index (χ0n) is 9.49. The maximum absolute atomic E-state index is 6.26. The molecule has 1 aromatic carbocycles. The van der Waals surface area contributed by atoms with Crippen molar-refractivity contribution in [3.05, 3.63) is 65.2 Å². The molecular weight excluding hydrogens is 248 g/mol. The minimum Gasteiger partial charge on any atom is -0.320 e. The molecule has 0 radical (unpaired) electrons. The van der Waals surface area contributed by atoms with Gasteiger partial charge in [0.05, 0.1) is 24.0 Å². The molecule has 90 valence electrons. The molecular formula is C13H11ClN4. The molecule has 0 bridgehead atoms. The third kappa shape index (κ3) is 1.85. The highest BCUT2D eigenvalue weighted by atomic mass is 35.5. The smallest absolute Gasteiger partial charge is 0.0896 e. The maximum atomic E-state index is 6.26. The monoisotopic (exact) mass is 258 g/mol. The van der Waals surface area contributed by atoms with Gasteiger partial charge in [-0.1, -0.05) is 23.7 Å². The van der Waals surface area contributed by atoms with Crippen molar-refractivity contribution >= 4 is 17.1 Å². The lowest BCUT2D eigenvalue weighted by Gasteiger charge is -2.10. The Morgan fingerprint density at radius 1 is 1.28 bits per heavy atom. The second kappa shape index (κ2) is 4.40. The molecule has 0 aliphatic heterocycles. The van der Waals surface area contributed by atoms with Crippen LogP contribution in [-0.2, 0) is 0 Å². The van der Waals surface area contributed by atoms with E-state index >= 15 is 0 Å². The highest BCUT2D eigenvalue weighted by Gasteiger charge is 2.14. The Bertz CT molecular complexity index is 692. The van der Waals surface area contributed by atoms with Gasteiger partial charge in [0.2, 0.25) is 0 Å². The quantitative estimate of drug-likeness (QED) is 0.768. The lowest BCUT2D eigenvalue weighted by atomic mass is 10.0. The number of rotatable bonds is 2. The molecule has 2 aromatic heterocycles. The Balaban J connectivity index is 2.09. The van der Waals surface area contributed by atoms with Crippen LogP contribution in [0.5, 0.6) is 0 Å². The van der Waals surface area contributed by atoms with Crippen LogP contribution >= 0.6 is 11.6 Å². The summed E-state index contributed by atoms with van der Waals surface area (Å²) in [4.78, 5) is 4.10. The number of nitrogens with two attached hydrogens (primary N) is 1. The fourth-order valence-electron chi connectivity index (χ4n) is 1.97. The third-order valence-electron chi connectivity index (χ3n) is 2.90. The van der Waals surface area contributed by atoms with Gasteiger partial charge in [0.1, 0.15) is 0 Å². The van der Waals surface area contributed by atoms with Gasteiger partial charge in [-0.3, -0.25) is 4.98 Å². The summed E-state index contributed by atoms with van der Waals surface area (Å²) in [6.45, 7) is 0. The van der Waals surface area contributed by atoms with Gasteiger partial charge in [-0.05, 0) is 17.7 Å². The van der Waals surface area contributed by atoms with Gasteiger partial charge in [0, 0.05) is 23.0 Å². The van der Waals surface area contributed by atoms with E-state index < -0.39 is 0 Å². The van der Waals surface area contributed by atoms with Crippen molar-refractivity contribution < 1.29 is 0 Å². The van der Waals surface area contributed by atoms with Crippen LogP contribution in [0.15, 0.2) is 49.1 Å². The number of hydrogen-bond acceptors (Lipinski definition) is 3. The van der Waals surface area contributed by atoms with Crippen LogP contribution in [0.4, 0.5) is 0 Å². The molecule has 0 spiro atoms. The van der Waals surface area contributed by atoms with E-state index in [-0.39, 0.29) is 6.04 Å². The largest absolute Gasteiger partial charge is 0.320 e. The summed E-state index contributed by atoms with van der Waals surface area (Å²) in [6, 6.07) is 7.28. The van der Waals surface area contributed by atoms with Crippen molar-refractivity contribution in [2.24, 2.45) is 5.73 Å². The van der Waals surface area contributed by atoms with E-state index in [1.807, 2.05) is 24.3 Å². The Morgan fingerprint density at radius 2 is 2.17 bits per heavy atom. The predicted molar refractivity (Wildman–Crippen MR) is 70.5 cm³/mol. The summed E-state index contributed by atoms with van der Waals surface area (Å²) < 4.78 is 1.76. The molecule has 0 fully saturated rings. The van der Waals surface area contributed by atoms with E-state index in [0.29, 0.717) is 5.02 Å². The molecule has 3 aromatic rings. The molecule has 0 aliphatic rings. The molecule has 18 heavy (non-hydrogen) atoms. The summed E-state index contributed by atoms with van der Waals surface area (Å²) in [5.74, 6) is 0. The zero-order chi connectivity index (χ0) is 12.5. The van der Waals surface area contributed by atoms with Gasteiger partial charge < -0.3 is 5.73 Å². The maximum Gasteiger partial charge on any atom is 0.0896 e. The molecule has 2 heterocycles. The second-order valence-electron chi connectivity index (χ2n) is 4.04. The summed E-state index contributed by atoms with van der Waals surface area (Å²) >= 11 is 5.98. The Hall–Kier alpha value is -1.91. The number of fused-ring (bicyclic) bond motifs is 1. The zero-order valence-corrected chi connectivity index (χ0v) is 10.2. The average molecular weight is 259 g/mol. The molecule has 0 amide bonds. The number of benzene rings is 1. The first-order valence-corrected chi connectivity index (χ1v) is 5.92. The number of aromatic nitrogens is 3. The summed E-state index contributed by atoms with van der Waals surface area (Å²) in [6.07, 6.45) is 7.01. The van der Waals surface area contributed by atoms with Crippen molar-refractivity contribution in [1.29, 1.82) is 0 Å². The summed E-state index contributed by atoms with van der Waals surface area (Å²) in [7, 11) is 0. The van der Waals surface area contributed by atoms with E-state index in [9.17, 15) is 0 Å². The SMILES string of the molecule is NC(c1cccc(Cl)c1)c1cnn2ccncc12. The van der Waals surface area contributed by atoms with Gasteiger partial charge in [0.15, 0.2) is 0 Å². The minimum atomic E-state index is -0.259. The first-order chi connectivity index (χ1) is 8.75.